The number of fused-ring (bicyclic) bond motifs is 1. The van der Waals surface area contributed by atoms with Crippen LogP contribution in [0.15, 0.2) is 60.7 Å². The van der Waals surface area contributed by atoms with Gasteiger partial charge in [-0.05, 0) is 29.8 Å². The highest BCUT2D eigenvalue weighted by molar-refractivity contribution is 5.92. The second-order valence-electron chi connectivity index (χ2n) is 4.72. The summed E-state index contributed by atoms with van der Waals surface area (Å²) in [5.41, 5.74) is 7.30. The van der Waals surface area contributed by atoms with Crippen LogP contribution in [-0.4, -0.2) is 0 Å². The lowest BCUT2D eigenvalue weighted by Crippen LogP contribution is -1.95. The maximum Gasteiger partial charge on any atom is 0.135 e. The van der Waals surface area contributed by atoms with Crippen molar-refractivity contribution in [1.29, 1.82) is 5.26 Å². The number of nitrogens with two attached hydrogens (primary N) is 1. The number of hydrogen-bond donors (Lipinski definition) is 1. The van der Waals surface area contributed by atoms with Gasteiger partial charge in [-0.1, -0.05) is 36.4 Å². The van der Waals surface area contributed by atoms with E-state index in [-0.39, 0.29) is 0 Å². The van der Waals surface area contributed by atoms with Crippen molar-refractivity contribution in [2.45, 2.75) is 6.54 Å². The van der Waals surface area contributed by atoms with Crippen LogP contribution in [0.5, 0.6) is 11.5 Å². The summed E-state index contributed by atoms with van der Waals surface area (Å²) in [7, 11) is 0. The number of benzene rings is 3. The van der Waals surface area contributed by atoms with E-state index >= 15 is 0 Å². The third-order valence-corrected chi connectivity index (χ3v) is 3.39. The van der Waals surface area contributed by atoms with Crippen LogP contribution in [0, 0.1) is 11.3 Å². The molecule has 0 unspecified atom stereocenters. The van der Waals surface area contributed by atoms with Crippen LogP contribution < -0.4 is 10.5 Å². The first-order valence-electron chi connectivity index (χ1n) is 6.70. The average molecular weight is 274 g/mol. The molecule has 3 aromatic carbocycles. The van der Waals surface area contributed by atoms with Crippen molar-refractivity contribution in [3.8, 4) is 17.6 Å². The minimum Gasteiger partial charge on any atom is -0.457 e. The summed E-state index contributed by atoms with van der Waals surface area (Å²) in [6.45, 7) is 0.514. The maximum atomic E-state index is 9.17. The van der Waals surface area contributed by atoms with Gasteiger partial charge >= 0.3 is 0 Å². The first-order valence-corrected chi connectivity index (χ1v) is 6.70. The molecule has 0 fully saturated rings. The summed E-state index contributed by atoms with van der Waals surface area (Å²) in [4.78, 5) is 0. The van der Waals surface area contributed by atoms with Crippen molar-refractivity contribution in [3.63, 3.8) is 0 Å². The number of nitriles is 1. The fourth-order valence-electron chi connectivity index (χ4n) is 2.28. The Hall–Kier alpha value is -2.83. The van der Waals surface area contributed by atoms with E-state index in [1.54, 1.807) is 6.07 Å². The highest BCUT2D eigenvalue weighted by Gasteiger charge is 2.07. The van der Waals surface area contributed by atoms with Crippen LogP contribution in [-0.2, 0) is 6.54 Å². The zero-order valence-corrected chi connectivity index (χ0v) is 11.4. The third kappa shape index (κ3) is 2.58. The van der Waals surface area contributed by atoms with Gasteiger partial charge in [0.1, 0.15) is 11.5 Å². The Balaban J connectivity index is 2.02. The van der Waals surface area contributed by atoms with Gasteiger partial charge in [0.2, 0.25) is 0 Å². The van der Waals surface area contributed by atoms with E-state index in [9.17, 15) is 5.26 Å². The number of nitrogens with zero attached hydrogens (tertiary/aromatic N) is 1. The van der Waals surface area contributed by atoms with Crippen LogP contribution in [0.4, 0.5) is 0 Å². The molecule has 0 atom stereocenters. The maximum absolute atomic E-state index is 9.17. The fraction of sp³-hybridized carbons (Fsp3) is 0.0556. The minimum absolute atomic E-state index is 0.514. The molecule has 0 aliphatic heterocycles. The van der Waals surface area contributed by atoms with Crippen molar-refractivity contribution < 1.29 is 4.74 Å². The highest BCUT2D eigenvalue weighted by Crippen LogP contribution is 2.31. The molecule has 0 aromatic heterocycles. The van der Waals surface area contributed by atoms with Gasteiger partial charge in [0, 0.05) is 17.3 Å². The number of rotatable bonds is 3. The standard InChI is InChI=1S/C18H14N2O/c19-11-13-5-8-15(9-6-13)21-18-10-7-14(12-20)16-3-1-2-4-17(16)18/h1-10H,11,19H2. The van der Waals surface area contributed by atoms with E-state index in [0.29, 0.717) is 12.1 Å². The van der Waals surface area contributed by atoms with Crippen molar-refractivity contribution in [1.82, 2.24) is 0 Å². The van der Waals surface area contributed by atoms with Gasteiger partial charge in [-0.25, -0.2) is 0 Å². The third-order valence-electron chi connectivity index (χ3n) is 3.39. The van der Waals surface area contributed by atoms with Gasteiger partial charge < -0.3 is 10.5 Å². The fourth-order valence-corrected chi connectivity index (χ4v) is 2.28. The minimum atomic E-state index is 0.514. The Morgan fingerprint density at radius 3 is 2.29 bits per heavy atom. The summed E-state index contributed by atoms with van der Waals surface area (Å²) in [6, 6.07) is 21.3. The summed E-state index contributed by atoms with van der Waals surface area (Å²) < 4.78 is 5.94. The van der Waals surface area contributed by atoms with Crippen LogP contribution in [0.2, 0.25) is 0 Å². The lowest BCUT2D eigenvalue weighted by molar-refractivity contribution is 0.488. The molecule has 2 N–H and O–H groups in total. The second kappa shape index (κ2) is 5.66. The molecule has 102 valence electrons. The highest BCUT2D eigenvalue weighted by atomic mass is 16.5. The number of ether oxygens (including phenoxy) is 1. The van der Waals surface area contributed by atoms with Crippen LogP contribution >= 0.6 is 0 Å². The van der Waals surface area contributed by atoms with Crippen LogP contribution in [0.1, 0.15) is 11.1 Å². The molecule has 3 nitrogen and oxygen atoms in total. The zero-order chi connectivity index (χ0) is 14.7. The summed E-state index contributed by atoms with van der Waals surface area (Å²) in [6.07, 6.45) is 0. The lowest BCUT2D eigenvalue weighted by Gasteiger charge is -2.10. The van der Waals surface area contributed by atoms with Gasteiger partial charge in [-0.15, -0.1) is 0 Å². The van der Waals surface area contributed by atoms with E-state index in [0.717, 1.165) is 27.8 Å². The van der Waals surface area contributed by atoms with Gasteiger partial charge in [0.05, 0.1) is 11.6 Å². The Labute approximate surface area is 123 Å². The average Bonchev–Trinajstić information content (AvgIpc) is 2.56. The van der Waals surface area contributed by atoms with Gasteiger partial charge in [-0.2, -0.15) is 5.26 Å². The van der Waals surface area contributed by atoms with Gasteiger partial charge in [0.25, 0.3) is 0 Å². The monoisotopic (exact) mass is 274 g/mol. The largest absolute Gasteiger partial charge is 0.457 e. The molecule has 0 bridgehead atoms. The summed E-state index contributed by atoms with van der Waals surface area (Å²) >= 11 is 0. The summed E-state index contributed by atoms with van der Waals surface area (Å²) in [5.74, 6) is 1.49. The SMILES string of the molecule is N#Cc1ccc(Oc2ccc(CN)cc2)c2ccccc12. The molecule has 3 rings (SSSR count). The van der Waals surface area contributed by atoms with Gasteiger partial charge in [-0.3, -0.25) is 0 Å². The van der Waals surface area contributed by atoms with Crippen molar-refractivity contribution >= 4 is 10.8 Å². The first kappa shape index (κ1) is 13.2. The molecule has 3 heteroatoms. The predicted molar refractivity (Wildman–Crippen MR) is 83.1 cm³/mol. The molecule has 0 saturated carbocycles. The number of hydrogen-bond acceptors (Lipinski definition) is 3. The Morgan fingerprint density at radius 2 is 1.62 bits per heavy atom. The molecule has 0 aliphatic carbocycles. The van der Waals surface area contributed by atoms with E-state index in [4.69, 9.17) is 10.5 Å². The Kier molecular flexibility index (Phi) is 3.55. The van der Waals surface area contributed by atoms with Gasteiger partial charge in [0.15, 0.2) is 0 Å². The molecular formula is C18H14N2O. The molecule has 0 spiro atoms. The molecular weight excluding hydrogens is 260 g/mol. The van der Waals surface area contributed by atoms with Crippen LogP contribution in [0.25, 0.3) is 10.8 Å². The van der Waals surface area contributed by atoms with E-state index < -0.39 is 0 Å². The lowest BCUT2D eigenvalue weighted by atomic mass is 10.0. The van der Waals surface area contributed by atoms with Crippen molar-refractivity contribution in [3.05, 3.63) is 71.8 Å². The molecule has 3 aromatic rings. The smallest absolute Gasteiger partial charge is 0.135 e. The predicted octanol–water partition coefficient (Wildman–Crippen LogP) is 3.96. The Morgan fingerprint density at radius 1 is 0.905 bits per heavy atom. The topological polar surface area (TPSA) is 59.0 Å². The molecule has 0 aliphatic rings. The van der Waals surface area contributed by atoms with E-state index in [2.05, 4.69) is 6.07 Å². The molecule has 0 heterocycles. The van der Waals surface area contributed by atoms with Crippen molar-refractivity contribution in [2.75, 3.05) is 0 Å². The van der Waals surface area contributed by atoms with E-state index in [1.165, 1.54) is 0 Å². The molecule has 0 radical (unpaired) electrons. The second-order valence-corrected chi connectivity index (χ2v) is 4.72. The summed E-state index contributed by atoms with van der Waals surface area (Å²) in [5, 5.41) is 11.0. The zero-order valence-electron chi connectivity index (χ0n) is 11.4. The van der Waals surface area contributed by atoms with Crippen molar-refractivity contribution in [2.24, 2.45) is 5.73 Å². The first-order chi connectivity index (χ1) is 10.3. The normalized spacial score (nSPS) is 10.3. The molecule has 0 saturated heterocycles. The quantitative estimate of drug-likeness (QED) is 0.786. The Bertz CT molecular complexity index is 817. The van der Waals surface area contributed by atoms with E-state index in [1.807, 2.05) is 54.6 Å². The molecule has 21 heavy (non-hydrogen) atoms. The molecule has 0 amide bonds. The van der Waals surface area contributed by atoms with Crippen LogP contribution in [0.3, 0.4) is 0 Å².